The van der Waals surface area contributed by atoms with Crippen molar-refractivity contribution in [2.75, 3.05) is 0 Å². The molecule has 269 valence electrons. The SMILES string of the molecule is CCC(CC)C(=O)/C=C(\O)C(CC)CC.[CH2-][n+]1ccc(-c2ncc(CC(C)C)c3occc23)cc1-c1[c-]c2ccccc2c(C(C)(C)C)c1.[Ir]. The van der Waals surface area contributed by atoms with Crippen LogP contribution in [0.3, 0.4) is 0 Å². The van der Waals surface area contributed by atoms with Crippen molar-refractivity contribution in [3.05, 3.63) is 103 Å². The van der Waals surface area contributed by atoms with E-state index < -0.39 is 0 Å². The summed E-state index contributed by atoms with van der Waals surface area (Å²) in [4.78, 5) is 16.6. The quantitative estimate of drug-likeness (QED) is 0.0622. The number of aromatic nitrogens is 2. The molecule has 0 saturated heterocycles. The zero-order chi connectivity index (χ0) is 35.9. The van der Waals surface area contributed by atoms with Gasteiger partial charge < -0.3 is 14.1 Å². The van der Waals surface area contributed by atoms with E-state index in [1.165, 1.54) is 17.0 Å². The third-order valence-corrected chi connectivity index (χ3v) is 9.44. The van der Waals surface area contributed by atoms with Crippen molar-refractivity contribution < 1.29 is 39.0 Å². The molecule has 6 heteroatoms. The summed E-state index contributed by atoms with van der Waals surface area (Å²) in [5.74, 6) is 1.08. The van der Waals surface area contributed by atoms with Crippen LogP contribution in [0.5, 0.6) is 0 Å². The predicted molar refractivity (Wildman–Crippen MR) is 203 cm³/mol. The average Bonchev–Trinajstić information content (AvgIpc) is 3.56. The molecule has 50 heavy (non-hydrogen) atoms. The first kappa shape index (κ1) is 40.7. The van der Waals surface area contributed by atoms with Crippen LogP contribution in [0.15, 0.2) is 83.4 Å². The summed E-state index contributed by atoms with van der Waals surface area (Å²) in [6, 6.07) is 20.6. The monoisotopic (exact) mass is 852 g/mol. The van der Waals surface area contributed by atoms with E-state index in [1.807, 2.05) is 50.7 Å². The number of hydrogen-bond acceptors (Lipinski definition) is 4. The van der Waals surface area contributed by atoms with Gasteiger partial charge in [-0.3, -0.25) is 9.78 Å². The van der Waals surface area contributed by atoms with Gasteiger partial charge in [-0.2, -0.15) is 0 Å². The summed E-state index contributed by atoms with van der Waals surface area (Å²) in [5.41, 5.74) is 7.38. The standard InChI is InChI=1S/C31H31N2O.C13H24O2.Ir/c1-20(2)15-24-19-32-29(26-12-14-34-30(24)26)22-11-13-33(6)28(18-22)23-16-21-9-7-8-10-25(21)27(17-23)31(3,4)5;1-5-10(6-2)12(14)9-13(15)11(7-3)8-4;/h7-14,17-20H,6,15H2,1-5H3;9-11,14H,5-8H2,1-4H3;/q-1;;/b;12-9-;. The summed E-state index contributed by atoms with van der Waals surface area (Å²) in [6.45, 7) is 19.3. The van der Waals surface area contributed by atoms with Crippen LogP contribution >= 0.6 is 0 Å². The maximum Gasteiger partial charge on any atom is 0.162 e. The molecule has 5 aromatic rings. The van der Waals surface area contributed by atoms with Gasteiger partial charge in [0.25, 0.3) is 0 Å². The fourth-order valence-electron chi connectivity index (χ4n) is 6.51. The number of nitrogens with zero attached hydrogens (tertiary/aromatic N) is 2. The van der Waals surface area contributed by atoms with E-state index in [0.29, 0.717) is 5.92 Å². The Morgan fingerprint density at radius 1 is 0.980 bits per heavy atom. The second-order valence-electron chi connectivity index (χ2n) is 14.6. The van der Waals surface area contributed by atoms with Crippen LogP contribution in [-0.4, -0.2) is 15.9 Å². The fraction of sp³-hybridized carbons (Fsp3) is 0.409. The van der Waals surface area contributed by atoms with Crippen molar-refractivity contribution in [3.63, 3.8) is 0 Å². The summed E-state index contributed by atoms with van der Waals surface area (Å²) in [6.07, 6.45) is 11.6. The maximum absolute atomic E-state index is 11.7. The van der Waals surface area contributed by atoms with Crippen molar-refractivity contribution in [2.24, 2.45) is 17.8 Å². The first-order chi connectivity index (χ1) is 23.3. The number of carbonyl (C=O) groups is 1. The molecule has 5 nitrogen and oxygen atoms in total. The summed E-state index contributed by atoms with van der Waals surface area (Å²) < 4.78 is 7.80. The van der Waals surface area contributed by atoms with Gasteiger partial charge in [0.15, 0.2) is 5.78 Å². The number of ketones is 1. The number of furan rings is 1. The Kier molecular flexibility index (Phi) is 14.6. The first-order valence-electron chi connectivity index (χ1n) is 17.9. The minimum atomic E-state index is 0. The molecule has 1 N–H and O–H groups in total. The van der Waals surface area contributed by atoms with Crippen LogP contribution in [0, 0.1) is 30.9 Å². The van der Waals surface area contributed by atoms with Crippen LogP contribution < -0.4 is 4.57 Å². The van der Waals surface area contributed by atoms with Crippen molar-refractivity contribution in [3.8, 4) is 22.5 Å². The van der Waals surface area contributed by atoms with Crippen molar-refractivity contribution in [1.82, 2.24) is 4.98 Å². The molecule has 5 rings (SSSR count). The molecule has 0 unspecified atom stereocenters. The van der Waals surface area contributed by atoms with Gasteiger partial charge in [-0.05, 0) is 67.2 Å². The van der Waals surface area contributed by atoms with E-state index in [0.717, 1.165) is 76.5 Å². The number of carbonyl (C=O) groups excluding carboxylic acids is 1. The number of fused-ring (bicyclic) bond motifs is 2. The molecular weight excluding hydrogens is 797 g/mol. The Morgan fingerprint density at radius 3 is 2.26 bits per heavy atom. The van der Waals surface area contributed by atoms with Crippen LogP contribution in [0.2, 0.25) is 0 Å². The molecule has 0 aliphatic rings. The van der Waals surface area contributed by atoms with E-state index in [-0.39, 0.29) is 48.9 Å². The van der Waals surface area contributed by atoms with E-state index in [1.54, 1.807) is 6.26 Å². The number of rotatable bonds is 11. The van der Waals surface area contributed by atoms with E-state index in [9.17, 15) is 9.90 Å². The Morgan fingerprint density at radius 2 is 1.64 bits per heavy atom. The third-order valence-electron chi connectivity index (χ3n) is 9.44. The number of pyridine rings is 2. The van der Waals surface area contributed by atoms with Gasteiger partial charge >= 0.3 is 0 Å². The molecule has 1 radical (unpaired) electrons. The Labute approximate surface area is 313 Å². The molecule has 0 amide bonds. The predicted octanol–water partition coefficient (Wildman–Crippen LogP) is 11.4. The Hall–Kier alpha value is -3.73. The van der Waals surface area contributed by atoms with Gasteiger partial charge in [-0.25, -0.2) is 0 Å². The molecule has 3 aromatic heterocycles. The van der Waals surface area contributed by atoms with Crippen LogP contribution in [0.25, 0.3) is 44.3 Å². The zero-order valence-corrected chi connectivity index (χ0v) is 33.8. The molecule has 0 saturated carbocycles. The van der Waals surface area contributed by atoms with E-state index in [2.05, 4.69) is 90.2 Å². The van der Waals surface area contributed by atoms with Crippen LogP contribution in [-0.2, 0) is 36.7 Å². The number of allylic oxidation sites excluding steroid dienone is 2. The zero-order valence-electron chi connectivity index (χ0n) is 31.4. The Balaban J connectivity index is 0.000000361. The smallest absolute Gasteiger partial charge is 0.162 e. The van der Waals surface area contributed by atoms with E-state index >= 15 is 0 Å². The van der Waals surface area contributed by atoms with E-state index in [4.69, 9.17) is 9.40 Å². The molecule has 0 atom stereocenters. The van der Waals surface area contributed by atoms with Crippen molar-refractivity contribution in [2.45, 2.75) is 99.8 Å². The number of hydrogen-bond donors (Lipinski definition) is 1. The van der Waals surface area contributed by atoms with Gasteiger partial charge in [0.05, 0.1) is 23.9 Å². The fourth-order valence-corrected chi connectivity index (χ4v) is 6.51. The maximum atomic E-state index is 11.7. The molecule has 0 fully saturated rings. The first-order valence-corrected chi connectivity index (χ1v) is 17.9. The summed E-state index contributed by atoms with van der Waals surface area (Å²) in [7, 11) is 4.26. The second kappa shape index (κ2) is 18.0. The topological polar surface area (TPSA) is 67.2 Å². The largest absolute Gasteiger partial charge is 0.512 e. The van der Waals surface area contributed by atoms with Crippen molar-refractivity contribution in [1.29, 1.82) is 0 Å². The molecule has 0 aliphatic carbocycles. The molecule has 0 bridgehead atoms. The van der Waals surface area contributed by atoms with Crippen molar-refractivity contribution >= 4 is 27.5 Å². The van der Waals surface area contributed by atoms with Gasteiger partial charge in [0.1, 0.15) is 11.3 Å². The van der Waals surface area contributed by atoms with Gasteiger partial charge in [0.2, 0.25) is 0 Å². The number of aliphatic hydroxyl groups is 1. The van der Waals surface area contributed by atoms with Gasteiger partial charge in [-0.1, -0.05) is 91.5 Å². The van der Waals surface area contributed by atoms with Crippen LogP contribution in [0.1, 0.15) is 99.1 Å². The van der Waals surface area contributed by atoms with Gasteiger partial charge in [0, 0.05) is 62.2 Å². The summed E-state index contributed by atoms with van der Waals surface area (Å²) >= 11 is 0. The molecule has 2 aromatic carbocycles. The average molecular weight is 852 g/mol. The van der Waals surface area contributed by atoms with Crippen LogP contribution in [0.4, 0.5) is 0 Å². The molecular formula is C44H55IrN2O3-. The molecule has 0 spiro atoms. The minimum absolute atomic E-state index is 0. The Bertz CT molecular complexity index is 1910. The molecule has 0 aliphatic heterocycles. The third kappa shape index (κ3) is 9.53. The number of benzene rings is 2. The second-order valence-corrected chi connectivity index (χ2v) is 14.6. The molecule has 3 heterocycles. The summed E-state index contributed by atoms with van der Waals surface area (Å²) in [5, 5.41) is 13.2. The number of aliphatic hydroxyl groups excluding tert-OH is 1. The minimum Gasteiger partial charge on any atom is -0.512 e. The normalized spacial score (nSPS) is 12.0. The van der Waals surface area contributed by atoms with Gasteiger partial charge in [-0.15, -0.1) is 29.1 Å².